The molecule has 0 spiro atoms. The van der Waals surface area contributed by atoms with Crippen LogP contribution in [0.15, 0.2) is 91.1 Å². The van der Waals surface area contributed by atoms with Crippen LogP contribution in [0.1, 0.15) is 47.6 Å². The number of hydrogen-bond acceptors (Lipinski definition) is 4. The van der Waals surface area contributed by atoms with Crippen LogP contribution < -0.4 is 15.4 Å². The highest BCUT2D eigenvalue weighted by Gasteiger charge is 2.24. The molecule has 3 N–H and O–H groups in total. The Balaban J connectivity index is 1.44. The molecule has 5 aromatic rings. The predicted octanol–water partition coefficient (Wildman–Crippen LogP) is 10.6. The van der Waals surface area contributed by atoms with Crippen LogP contribution in [0.3, 0.4) is 0 Å². The van der Waals surface area contributed by atoms with Crippen LogP contribution in [0.5, 0.6) is 11.5 Å². The van der Waals surface area contributed by atoms with Gasteiger partial charge in [-0.15, -0.1) is 0 Å². The minimum atomic E-state index is -1.01. The second-order valence-electron chi connectivity index (χ2n) is 10.7. The normalized spacial score (nSPS) is 11.6. The highest BCUT2D eigenvalue weighted by molar-refractivity contribution is 6.37. The van der Waals surface area contributed by atoms with Crippen LogP contribution in [0, 0.1) is 0 Å². The minimum absolute atomic E-state index is 0.174. The topological polar surface area (TPSA) is 105 Å². The zero-order valence-corrected chi connectivity index (χ0v) is 28.2. The maximum Gasteiger partial charge on any atom is 0.335 e. The Morgan fingerprint density at radius 3 is 2.13 bits per heavy atom. The summed E-state index contributed by atoms with van der Waals surface area (Å²) >= 11 is 25.1. The number of nitrogens with zero attached hydrogens (tertiary/aromatic N) is 2. The maximum absolute atomic E-state index is 13.4. The summed E-state index contributed by atoms with van der Waals surface area (Å²) < 4.78 is 7.95. The molecule has 1 heterocycles. The molecule has 0 aliphatic rings. The molecule has 0 fully saturated rings. The smallest absolute Gasteiger partial charge is 0.335 e. The van der Waals surface area contributed by atoms with Crippen molar-refractivity contribution < 1.29 is 19.4 Å². The SMILES string of the molecule is CCCCn1cc(-c2ccc(Cl)cc2Cl)nc1C(Cc1ccc(Oc2ccc(C(=O)O)cc2)cc1)NC(=O)Nc1ccc(Cl)cc1Cl. The van der Waals surface area contributed by atoms with Gasteiger partial charge in [-0.1, -0.05) is 71.9 Å². The van der Waals surface area contributed by atoms with Crippen LogP contribution in [-0.2, 0) is 13.0 Å². The van der Waals surface area contributed by atoms with E-state index in [1.807, 2.05) is 41.1 Å². The Hall–Kier alpha value is -4.21. The third kappa shape index (κ3) is 8.99. The van der Waals surface area contributed by atoms with Crippen molar-refractivity contribution in [2.75, 3.05) is 5.32 Å². The highest BCUT2D eigenvalue weighted by atomic mass is 35.5. The number of urea groups is 1. The lowest BCUT2D eigenvalue weighted by Gasteiger charge is -2.21. The molecule has 0 saturated carbocycles. The second-order valence-corrected chi connectivity index (χ2v) is 12.4. The number of amides is 2. The molecular weight excluding hydrogens is 682 g/mol. The fourth-order valence-electron chi connectivity index (χ4n) is 4.89. The lowest BCUT2D eigenvalue weighted by atomic mass is 10.0. The molecule has 0 bridgehead atoms. The van der Waals surface area contributed by atoms with Crippen molar-refractivity contribution in [1.29, 1.82) is 0 Å². The van der Waals surface area contributed by atoms with Gasteiger partial charge >= 0.3 is 12.0 Å². The minimum Gasteiger partial charge on any atom is -0.478 e. The number of rotatable bonds is 12. The van der Waals surface area contributed by atoms with Gasteiger partial charge in [-0.05, 0) is 91.2 Å². The molecule has 4 aromatic carbocycles. The van der Waals surface area contributed by atoms with Crippen molar-refractivity contribution in [2.45, 2.75) is 38.8 Å². The molecule has 0 aliphatic heterocycles. The third-order valence-electron chi connectivity index (χ3n) is 7.26. The Labute approximate surface area is 292 Å². The van der Waals surface area contributed by atoms with Crippen molar-refractivity contribution in [1.82, 2.24) is 14.9 Å². The number of anilines is 1. The molecule has 1 unspecified atom stereocenters. The van der Waals surface area contributed by atoms with Crippen molar-refractivity contribution >= 4 is 64.1 Å². The first kappa shape index (κ1) is 34.1. The predicted molar refractivity (Wildman–Crippen MR) is 188 cm³/mol. The van der Waals surface area contributed by atoms with Gasteiger partial charge in [-0.3, -0.25) is 0 Å². The van der Waals surface area contributed by atoms with Crippen LogP contribution in [0.25, 0.3) is 11.3 Å². The fourth-order valence-corrected chi connectivity index (χ4v) is 5.85. The summed E-state index contributed by atoms with van der Waals surface area (Å²) in [7, 11) is 0. The Bertz CT molecular complexity index is 1880. The lowest BCUT2D eigenvalue weighted by molar-refractivity contribution is 0.0697. The van der Waals surface area contributed by atoms with E-state index in [9.17, 15) is 9.59 Å². The molecule has 0 saturated heterocycles. The Morgan fingerprint density at radius 1 is 0.872 bits per heavy atom. The monoisotopic (exact) mass is 710 g/mol. The van der Waals surface area contributed by atoms with Crippen molar-refractivity contribution in [2.24, 2.45) is 0 Å². The van der Waals surface area contributed by atoms with Crippen molar-refractivity contribution in [3.8, 4) is 22.8 Å². The number of ether oxygens (including phenoxy) is 1. The number of halogens is 4. The van der Waals surface area contributed by atoms with Gasteiger partial charge in [-0.25, -0.2) is 14.6 Å². The molecule has 1 atom stereocenters. The number of hydrogen-bond donors (Lipinski definition) is 3. The van der Waals surface area contributed by atoms with E-state index >= 15 is 0 Å². The first-order valence-electron chi connectivity index (χ1n) is 14.7. The summed E-state index contributed by atoms with van der Waals surface area (Å²) in [5, 5.41) is 16.8. The first-order valence-corrected chi connectivity index (χ1v) is 16.3. The van der Waals surface area contributed by atoms with E-state index in [1.54, 1.807) is 42.5 Å². The number of carboxylic acid groups (broad SMARTS) is 1. The fraction of sp³-hybridized carbons (Fsp3) is 0.171. The number of aromatic carboxylic acids is 1. The molecule has 242 valence electrons. The molecule has 47 heavy (non-hydrogen) atoms. The average Bonchev–Trinajstić information content (AvgIpc) is 3.46. The number of aromatic nitrogens is 2. The molecule has 12 heteroatoms. The van der Waals surface area contributed by atoms with Gasteiger partial charge in [-0.2, -0.15) is 0 Å². The molecule has 8 nitrogen and oxygen atoms in total. The number of benzene rings is 4. The summed E-state index contributed by atoms with van der Waals surface area (Å²) in [5.74, 6) is 0.718. The van der Waals surface area contributed by atoms with Gasteiger partial charge in [0.15, 0.2) is 0 Å². The molecule has 1 aromatic heterocycles. The van der Waals surface area contributed by atoms with Crippen LogP contribution in [0.4, 0.5) is 10.5 Å². The largest absolute Gasteiger partial charge is 0.478 e. The number of imidazole rings is 1. The van der Waals surface area contributed by atoms with Gasteiger partial charge in [0.2, 0.25) is 0 Å². The number of aryl methyl sites for hydroxylation is 1. The summed E-state index contributed by atoms with van der Waals surface area (Å²) in [6.07, 6.45) is 4.19. The summed E-state index contributed by atoms with van der Waals surface area (Å²) in [5.41, 5.74) is 2.87. The maximum atomic E-state index is 13.4. The summed E-state index contributed by atoms with van der Waals surface area (Å²) in [4.78, 5) is 29.5. The van der Waals surface area contributed by atoms with E-state index in [2.05, 4.69) is 17.6 Å². The van der Waals surface area contributed by atoms with Gasteiger partial charge in [0.1, 0.15) is 17.3 Å². The summed E-state index contributed by atoms with van der Waals surface area (Å²) in [6.45, 7) is 2.79. The molecular formula is C35H30Cl4N4O4. The van der Waals surface area contributed by atoms with E-state index in [-0.39, 0.29) is 5.56 Å². The summed E-state index contributed by atoms with van der Waals surface area (Å²) in [6, 6.07) is 22.7. The van der Waals surface area contributed by atoms with E-state index in [0.29, 0.717) is 61.8 Å². The van der Waals surface area contributed by atoms with E-state index in [4.69, 9.17) is 61.2 Å². The molecule has 2 amide bonds. The van der Waals surface area contributed by atoms with Crippen LogP contribution in [-0.4, -0.2) is 26.7 Å². The molecule has 0 aliphatic carbocycles. The van der Waals surface area contributed by atoms with E-state index in [0.717, 1.165) is 24.0 Å². The number of carbonyl (C=O) groups excluding carboxylic acids is 1. The van der Waals surface area contributed by atoms with Gasteiger partial charge in [0.25, 0.3) is 0 Å². The van der Waals surface area contributed by atoms with Gasteiger partial charge in [0.05, 0.1) is 33.0 Å². The third-order valence-corrected chi connectivity index (χ3v) is 8.36. The number of carbonyl (C=O) groups is 2. The van der Waals surface area contributed by atoms with Gasteiger partial charge < -0.3 is 25.0 Å². The number of unbranched alkanes of at least 4 members (excludes halogenated alkanes) is 1. The number of carboxylic acids is 1. The quantitative estimate of drug-likeness (QED) is 0.119. The van der Waals surface area contributed by atoms with Crippen LogP contribution >= 0.6 is 46.4 Å². The zero-order valence-electron chi connectivity index (χ0n) is 25.1. The molecule has 0 radical (unpaired) electrons. The van der Waals surface area contributed by atoms with E-state index < -0.39 is 18.0 Å². The van der Waals surface area contributed by atoms with Crippen molar-refractivity contribution in [3.63, 3.8) is 0 Å². The van der Waals surface area contributed by atoms with Crippen LogP contribution in [0.2, 0.25) is 20.1 Å². The average molecular weight is 712 g/mol. The van der Waals surface area contributed by atoms with Gasteiger partial charge in [0, 0.05) is 28.4 Å². The lowest BCUT2D eigenvalue weighted by Crippen LogP contribution is -2.35. The standard InChI is InChI=1S/C35H30Cl4N4O4/c1-2-3-16-43-20-32(27-14-8-23(36)18-28(27)38)40-33(43)31(42-35(46)41-30-15-9-24(37)19-29(30)39)17-21-4-10-25(11-5-21)47-26-12-6-22(7-13-26)34(44)45/h4-15,18-20,31H,2-3,16-17H2,1H3,(H,44,45)(H2,41,42,46). The van der Waals surface area contributed by atoms with E-state index in [1.165, 1.54) is 12.1 Å². The van der Waals surface area contributed by atoms with Crippen molar-refractivity contribution in [3.05, 3.63) is 128 Å². The Kier molecular flexibility index (Phi) is 11.3. The second kappa shape index (κ2) is 15.6. The first-order chi connectivity index (χ1) is 22.6. The zero-order chi connectivity index (χ0) is 33.5. The number of nitrogens with one attached hydrogen (secondary N) is 2. The highest BCUT2D eigenvalue weighted by Crippen LogP contribution is 2.32. The Morgan fingerprint density at radius 2 is 1.51 bits per heavy atom. The molecule has 5 rings (SSSR count).